The number of halogens is 3. The van der Waals surface area contributed by atoms with Crippen molar-refractivity contribution in [3.63, 3.8) is 0 Å². The third kappa shape index (κ3) is 4.02. The van der Waals surface area contributed by atoms with Gasteiger partial charge in [0.05, 0.1) is 24.3 Å². The van der Waals surface area contributed by atoms with Crippen molar-refractivity contribution in [2.75, 3.05) is 5.32 Å². The highest BCUT2D eigenvalue weighted by Gasteiger charge is 2.08. The summed E-state index contributed by atoms with van der Waals surface area (Å²) < 4.78 is 7.09. The van der Waals surface area contributed by atoms with E-state index in [0.717, 1.165) is 10.3 Å². The first kappa shape index (κ1) is 18.9. The number of aryl methyl sites for hydroxylation is 1. The minimum Gasteiger partial charge on any atom is -0.334 e. The Morgan fingerprint density at radius 3 is 2.14 bits per heavy atom. The van der Waals surface area contributed by atoms with Crippen molar-refractivity contribution >= 4 is 70.6 Å². The first-order valence-electron chi connectivity index (χ1n) is 7.62. The van der Waals surface area contributed by atoms with Gasteiger partial charge < -0.3 is 5.32 Å². The second-order valence-electron chi connectivity index (χ2n) is 5.35. The Morgan fingerprint density at radius 2 is 1.46 bits per heavy atom. The summed E-state index contributed by atoms with van der Waals surface area (Å²) in [4.78, 5) is 16.5. The molecule has 5 rings (SSSR count). The normalized spacial score (nSPS) is 10.9. The van der Waals surface area contributed by atoms with Crippen LogP contribution in [0, 0.1) is 0 Å². The number of rotatable bonds is 2. The van der Waals surface area contributed by atoms with Gasteiger partial charge in [-0.1, -0.05) is 0 Å². The van der Waals surface area contributed by atoms with Gasteiger partial charge in [0.15, 0.2) is 21.7 Å². The van der Waals surface area contributed by atoms with Gasteiger partial charge in [-0.05, 0) is 47.8 Å². The molecule has 14 heteroatoms. The highest BCUT2D eigenvalue weighted by atomic mass is 79.9. The fourth-order valence-corrected chi connectivity index (χ4v) is 3.73. The topological polar surface area (TPSA) is 116 Å². The molecule has 28 heavy (non-hydrogen) atoms. The average Bonchev–Trinajstić information content (AvgIpc) is 3.36. The predicted molar refractivity (Wildman–Crippen MR) is 111 cm³/mol. The molecule has 0 spiro atoms. The van der Waals surface area contributed by atoms with Crippen LogP contribution in [0.2, 0.25) is 0 Å². The summed E-state index contributed by atoms with van der Waals surface area (Å²) in [6, 6.07) is 0. The third-order valence-corrected chi connectivity index (χ3v) is 4.69. The number of hydrogen-bond donors (Lipinski definition) is 1. The molecule has 0 aromatic carbocycles. The molecule has 0 aliphatic rings. The van der Waals surface area contributed by atoms with Crippen molar-refractivity contribution in [2.45, 2.75) is 0 Å². The molecular formula is C14H10Br3N11. The molecule has 142 valence electrons. The molecule has 0 amide bonds. The van der Waals surface area contributed by atoms with E-state index in [1.165, 1.54) is 12.7 Å². The first-order chi connectivity index (χ1) is 13.5. The Balaban J connectivity index is 0.000000151. The van der Waals surface area contributed by atoms with E-state index in [0.29, 0.717) is 26.3 Å². The Labute approximate surface area is 182 Å². The Bertz CT molecular complexity index is 1260. The Kier molecular flexibility index (Phi) is 5.32. The van der Waals surface area contributed by atoms with E-state index in [4.69, 9.17) is 0 Å². The van der Waals surface area contributed by atoms with Crippen molar-refractivity contribution in [2.24, 2.45) is 7.05 Å². The van der Waals surface area contributed by atoms with Crippen LogP contribution in [-0.2, 0) is 7.05 Å². The molecule has 0 aliphatic carbocycles. The largest absolute Gasteiger partial charge is 0.334 e. The molecule has 11 nitrogen and oxygen atoms in total. The molecule has 0 bridgehead atoms. The van der Waals surface area contributed by atoms with Gasteiger partial charge in [0, 0.05) is 13.2 Å². The van der Waals surface area contributed by atoms with Gasteiger partial charge in [-0.15, -0.1) is 0 Å². The lowest BCUT2D eigenvalue weighted by Crippen LogP contribution is -1.99. The quantitative estimate of drug-likeness (QED) is 0.344. The molecular weight excluding hydrogens is 562 g/mol. The Hall–Kier alpha value is -2.45. The summed E-state index contributed by atoms with van der Waals surface area (Å²) in [7, 11) is 1.85. The fraction of sp³-hybridized carbons (Fsp3) is 0.0714. The first-order valence-corrected chi connectivity index (χ1v) is 10.0. The lowest BCUT2D eigenvalue weighted by Gasteiger charge is -2.04. The van der Waals surface area contributed by atoms with Crippen LogP contribution in [-0.4, -0.2) is 48.9 Å². The van der Waals surface area contributed by atoms with E-state index in [9.17, 15) is 0 Å². The number of hydrogen-bond acceptors (Lipinski definition) is 8. The van der Waals surface area contributed by atoms with Crippen molar-refractivity contribution in [1.82, 2.24) is 48.9 Å². The Morgan fingerprint density at radius 1 is 0.821 bits per heavy atom. The van der Waals surface area contributed by atoms with E-state index in [-0.39, 0.29) is 0 Å². The average molecular weight is 572 g/mol. The summed E-state index contributed by atoms with van der Waals surface area (Å²) in [5.41, 5.74) is 2.23. The van der Waals surface area contributed by atoms with Crippen LogP contribution in [0.15, 0.2) is 51.3 Å². The van der Waals surface area contributed by atoms with Crippen LogP contribution < -0.4 is 5.32 Å². The molecule has 0 fully saturated rings. The molecule has 1 N–H and O–H groups in total. The summed E-state index contributed by atoms with van der Waals surface area (Å²) >= 11 is 9.83. The van der Waals surface area contributed by atoms with Gasteiger partial charge in [0.25, 0.3) is 0 Å². The highest BCUT2D eigenvalue weighted by molar-refractivity contribution is 9.11. The summed E-state index contributed by atoms with van der Waals surface area (Å²) in [6.07, 6.45) is 10.0. The number of fused-ring (bicyclic) bond motifs is 2. The van der Waals surface area contributed by atoms with Gasteiger partial charge in [0.2, 0.25) is 0 Å². The van der Waals surface area contributed by atoms with Gasteiger partial charge in [-0.3, -0.25) is 4.68 Å². The molecule has 0 saturated carbocycles. The zero-order valence-electron chi connectivity index (χ0n) is 14.1. The van der Waals surface area contributed by atoms with Gasteiger partial charge in [-0.25, -0.2) is 29.0 Å². The number of anilines is 2. The van der Waals surface area contributed by atoms with E-state index in [1.54, 1.807) is 32.3 Å². The van der Waals surface area contributed by atoms with Crippen LogP contribution >= 0.6 is 47.8 Å². The smallest absolute Gasteiger partial charge is 0.198 e. The molecule has 5 aromatic rings. The van der Waals surface area contributed by atoms with Crippen LogP contribution in [0.1, 0.15) is 0 Å². The number of nitrogens with one attached hydrogen (secondary N) is 1. The zero-order valence-corrected chi connectivity index (χ0v) is 18.8. The summed E-state index contributed by atoms with van der Waals surface area (Å²) in [5, 5.41) is 15.2. The summed E-state index contributed by atoms with van der Waals surface area (Å²) in [5.74, 6) is 0.630. The predicted octanol–water partition coefficient (Wildman–Crippen LogP) is 3.01. The maximum absolute atomic E-state index is 4.32. The van der Waals surface area contributed by atoms with E-state index in [2.05, 4.69) is 88.3 Å². The molecule has 0 atom stereocenters. The van der Waals surface area contributed by atoms with Crippen LogP contribution in [0.4, 0.5) is 11.5 Å². The molecule has 0 saturated heterocycles. The van der Waals surface area contributed by atoms with Crippen molar-refractivity contribution in [3.05, 3.63) is 51.3 Å². The monoisotopic (exact) mass is 569 g/mol. The maximum Gasteiger partial charge on any atom is 0.198 e. The lowest BCUT2D eigenvalue weighted by atomic mass is 10.5. The van der Waals surface area contributed by atoms with E-state index >= 15 is 0 Å². The lowest BCUT2D eigenvalue weighted by molar-refractivity contribution is 0.768. The molecule has 5 aromatic heterocycles. The van der Waals surface area contributed by atoms with Gasteiger partial charge in [-0.2, -0.15) is 15.3 Å². The zero-order chi connectivity index (χ0) is 19.7. The van der Waals surface area contributed by atoms with Crippen LogP contribution in [0.5, 0.6) is 0 Å². The maximum atomic E-state index is 4.32. The van der Waals surface area contributed by atoms with Crippen molar-refractivity contribution in [1.29, 1.82) is 0 Å². The van der Waals surface area contributed by atoms with Crippen LogP contribution in [0.25, 0.3) is 11.3 Å². The third-order valence-electron chi connectivity index (χ3n) is 3.39. The highest BCUT2D eigenvalue weighted by Crippen LogP contribution is 2.20. The molecule has 0 unspecified atom stereocenters. The minimum absolute atomic E-state index is 0.630. The van der Waals surface area contributed by atoms with Crippen molar-refractivity contribution in [3.8, 4) is 0 Å². The van der Waals surface area contributed by atoms with Crippen molar-refractivity contribution < 1.29 is 0 Å². The van der Waals surface area contributed by atoms with Gasteiger partial charge in [0.1, 0.15) is 21.9 Å². The number of aromatic nitrogens is 10. The standard InChI is InChI=1S/C9H8BrN7.C5H2Br2N4/c1-16-3-6(2-12-16)14-8-9-11-5-13-17(9)4-7(10)15-8;6-3-1-11-5(4(7)10-3)8-2-9-11/h2-5H,1H3,(H,14,15);1-2H. The van der Waals surface area contributed by atoms with Crippen LogP contribution in [0.3, 0.4) is 0 Å². The van der Waals surface area contributed by atoms with E-state index in [1.807, 2.05) is 13.2 Å². The molecule has 0 radical (unpaired) electrons. The molecule has 0 aliphatic heterocycles. The van der Waals surface area contributed by atoms with Gasteiger partial charge >= 0.3 is 0 Å². The second kappa shape index (κ2) is 7.89. The fourth-order valence-electron chi connectivity index (χ4n) is 2.27. The summed E-state index contributed by atoms with van der Waals surface area (Å²) in [6.45, 7) is 0. The SMILES string of the molecule is Brc1cn2ncnc2c(Br)n1.Cn1cc(Nc2nc(Br)cn3ncnc23)cn1. The van der Waals surface area contributed by atoms with E-state index < -0.39 is 0 Å². The second-order valence-corrected chi connectivity index (χ2v) is 7.73. The molecule has 5 heterocycles. The number of nitrogens with zero attached hydrogens (tertiary/aromatic N) is 10. The minimum atomic E-state index is 0.630.